The van der Waals surface area contributed by atoms with Crippen LogP contribution in [0, 0.1) is 0 Å². The zero-order valence-corrected chi connectivity index (χ0v) is 9.39. The number of aliphatic hydroxyl groups is 1. The molecule has 0 aromatic carbocycles. The van der Waals surface area contributed by atoms with Gasteiger partial charge in [-0.2, -0.15) is 0 Å². The number of imide groups is 1. The van der Waals surface area contributed by atoms with Gasteiger partial charge in [-0.3, -0.25) is 19.3 Å². The molecule has 0 aromatic heterocycles. The Hall–Kier alpha value is -1.49. The average molecular weight is 227 g/mol. The predicted molar refractivity (Wildman–Crippen MR) is 58.3 cm³/mol. The lowest BCUT2D eigenvalue weighted by Gasteiger charge is -2.09. The van der Waals surface area contributed by atoms with E-state index in [0.717, 1.165) is 11.3 Å². The predicted octanol–water partition coefficient (Wildman–Crippen LogP) is 0.627. The second-order valence-corrected chi connectivity index (χ2v) is 3.37. The van der Waals surface area contributed by atoms with Gasteiger partial charge in [0, 0.05) is 19.2 Å². The molecule has 0 fully saturated rings. The van der Waals surface area contributed by atoms with Crippen LogP contribution in [0.25, 0.3) is 0 Å². The molecule has 0 saturated heterocycles. The van der Waals surface area contributed by atoms with Crippen molar-refractivity contribution >= 4 is 18.1 Å². The molecule has 0 aromatic rings. The van der Waals surface area contributed by atoms with Crippen LogP contribution in [0.2, 0.25) is 0 Å². The summed E-state index contributed by atoms with van der Waals surface area (Å²) >= 11 is 0. The first-order valence-corrected chi connectivity index (χ1v) is 5.18. The van der Waals surface area contributed by atoms with Gasteiger partial charge in [0.2, 0.25) is 12.3 Å². The number of ketones is 1. The SMILES string of the molecule is CC(=O)/C=C\N(C=O)C(=O)CCCCCO. The van der Waals surface area contributed by atoms with E-state index in [1.54, 1.807) is 0 Å². The molecule has 0 aliphatic rings. The van der Waals surface area contributed by atoms with Crippen molar-refractivity contribution in [1.29, 1.82) is 0 Å². The molecule has 0 unspecified atom stereocenters. The summed E-state index contributed by atoms with van der Waals surface area (Å²) in [6.07, 6.45) is 4.97. The van der Waals surface area contributed by atoms with E-state index in [2.05, 4.69) is 0 Å². The van der Waals surface area contributed by atoms with Crippen molar-refractivity contribution in [1.82, 2.24) is 4.90 Å². The molecule has 0 radical (unpaired) electrons. The van der Waals surface area contributed by atoms with Crippen molar-refractivity contribution in [2.24, 2.45) is 0 Å². The Balaban J connectivity index is 4.01. The van der Waals surface area contributed by atoms with Crippen LogP contribution in [0.5, 0.6) is 0 Å². The Morgan fingerprint density at radius 1 is 1.25 bits per heavy atom. The van der Waals surface area contributed by atoms with Crippen LogP contribution < -0.4 is 0 Å². The van der Waals surface area contributed by atoms with Gasteiger partial charge >= 0.3 is 0 Å². The highest BCUT2D eigenvalue weighted by Crippen LogP contribution is 2.02. The van der Waals surface area contributed by atoms with Gasteiger partial charge in [-0.15, -0.1) is 0 Å². The molecule has 0 saturated carbocycles. The highest BCUT2D eigenvalue weighted by molar-refractivity contribution is 5.91. The van der Waals surface area contributed by atoms with Gasteiger partial charge in [-0.05, 0) is 25.8 Å². The fraction of sp³-hybridized carbons (Fsp3) is 0.545. The largest absolute Gasteiger partial charge is 0.396 e. The Labute approximate surface area is 94.7 Å². The van der Waals surface area contributed by atoms with E-state index >= 15 is 0 Å². The molecular weight excluding hydrogens is 210 g/mol. The molecule has 0 heterocycles. The highest BCUT2D eigenvalue weighted by Gasteiger charge is 2.08. The zero-order valence-electron chi connectivity index (χ0n) is 9.39. The van der Waals surface area contributed by atoms with Crippen molar-refractivity contribution in [3.05, 3.63) is 12.3 Å². The lowest BCUT2D eigenvalue weighted by Crippen LogP contribution is -2.23. The number of carbonyl (C=O) groups is 3. The summed E-state index contributed by atoms with van der Waals surface area (Å²) < 4.78 is 0. The number of amides is 2. The van der Waals surface area contributed by atoms with E-state index in [4.69, 9.17) is 5.11 Å². The Kier molecular flexibility index (Phi) is 7.97. The molecule has 0 spiro atoms. The standard InChI is InChI=1S/C11H17NO4/c1-10(15)6-7-12(9-14)11(16)5-3-2-4-8-13/h6-7,9,13H,2-5,8H2,1H3/b7-6-. The van der Waals surface area contributed by atoms with Crippen LogP contribution >= 0.6 is 0 Å². The fourth-order valence-electron chi connectivity index (χ4n) is 1.06. The number of nitrogens with zero attached hydrogens (tertiary/aromatic N) is 1. The second kappa shape index (κ2) is 8.79. The van der Waals surface area contributed by atoms with Gasteiger partial charge < -0.3 is 5.11 Å². The van der Waals surface area contributed by atoms with Crippen LogP contribution in [0.3, 0.4) is 0 Å². The molecule has 0 rings (SSSR count). The summed E-state index contributed by atoms with van der Waals surface area (Å²) in [6, 6.07) is 0. The van der Waals surface area contributed by atoms with Crippen LogP contribution in [-0.4, -0.2) is 34.7 Å². The average Bonchev–Trinajstić information content (AvgIpc) is 2.25. The lowest BCUT2D eigenvalue weighted by atomic mass is 10.2. The van der Waals surface area contributed by atoms with Crippen LogP contribution in [0.15, 0.2) is 12.3 Å². The summed E-state index contributed by atoms with van der Waals surface area (Å²) in [7, 11) is 0. The maximum Gasteiger partial charge on any atom is 0.233 e. The fourth-order valence-corrected chi connectivity index (χ4v) is 1.06. The monoisotopic (exact) mass is 227 g/mol. The number of allylic oxidation sites excluding steroid dienone is 1. The van der Waals surface area contributed by atoms with Gasteiger partial charge in [0.15, 0.2) is 5.78 Å². The third-order valence-corrected chi connectivity index (χ3v) is 1.92. The second-order valence-electron chi connectivity index (χ2n) is 3.37. The van der Waals surface area contributed by atoms with Crippen LogP contribution in [0.1, 0.15) is 32.6 Å². The third kappa shape index (κ3) is 6.89. The molecule has 5 heteroatoms. The summed E-state index contributed by atoms with van der Waals surface area (Å²) in [6.45, 7) is 1.45. The molecule has 90 valence electrons. The van der Waals surface area contributed by atoms with Gasteiger partial charge in [0.25, 0.3) is 0 Å². The minimum atomic E-state index is -0.342. The summed E-state index contributed by atoms with van der Waals surface area (Å²) in [4.78, 5) is 33.4. The number of carbonyl (C=O) groups excluding carboxylic acids is 3. The van der Waals surface area contributed by atoms with E-state index in [1.807, 2.05) is 0 Å². The minimum absolute atomic E-state index is 0.107. The molecule has 0 bridgehead atoms. The summed E-state index contributed by atoms with van der Waals surface area (Å²) in [5.74, 6) is -0.564. The molecule has 5 nitrogen and oxygen atoms in total. The maximum absolute atomic E-state index is 11.4. The zero-order chi connectivity index (χ0) is 12.4. The Bertz CT molecular complexity index is 273. The van der Waals surface area contributed by atoms with Gasteiger partial charge in [0.1, 0.15) is 0 Å². The van der Waals surface area contributed by atoms with Crippen molar-refractivity contribution in [2.75, 3.05) is 6.61 Å². The van der Waals surface area contributed by atoms with E-state index in [-0.39, 0.29) is 24.7 Å². The first-order valence-electron chi connectivity index (χ1n) is 5.18. The number of hydrogen-bond acceptors (Lipinski definition) is 4. The van der Waals surface area contributed by atoms with Crippen molar-refractivity contribution in [3.63, 3.8) is 0 Å². The summed E-state index contributed by atoms with van der Waals surface area (Å²) in [5, 5.41) is 8.53. The van der Waals surface area contributed by atoms with Crippen LogP contribution in [0.4, 0.5) is 0 Å². The molecule has 1 N–H and O–H groups in total. The topological polar surface area (TPSA) is 74.7 Å². The Morgan fingerprint density at radius 2 is 1.94 bits per heavy atom. The molecular formula is C11H17NO4. The Morgan fingerprint density at radius 3 is 2.44 bits per heavy atom. The van der Waals surface area contributed by atoms with Crippen molar-refractivity contribution < 1.29 is 19.5 Å². The third-order valence-electron chi connectivity index (χ3n) is 1.92. The van der Waals surface area contributed by atoms with Crippen molar-refractivity contribution in [3.8, 4) is 0 Å². The first-order chi connectivity index (χ1) is 7.61. The molecule has 16 heavy (non-hydrogen) atoms. The number of rotatable bonds is 8. The van der Waals surface area contributed by atoms with Crippen LogP contribution in [-0.2, 0) is 14.4 Å². The van der Waals surface area contributed by atoms with E-state index in [9.17, 15) is 14.4 Å². The van der Waals surface area contributed by atoms with Gasteiger partial charge in [0.05, 0.1) is 0 Å². The number of aliphatic hydroxyl groups excluding tert-OH is 1. The highest BCUT2D eigenvalue weighted by atomic mass is 16.3. The van der Waals surface area contributed by atoms with E-state index in [0.29, 0.717) is 19.3 Å². The first kappa shape index (κ1) is 14.5. The molecule has 0 aliphatic heterocycles. The van der Waals surface area contributed by atoms with Crippen molar-refractivity contribution in [2.45, 2.75) is 32.6 Å². The number of unbranched alkanes of at least 4 members (excludes halogenated alkanes) is 2. The van der Waals surface area contributed by atoms with Gasteiger partial charge in [-0.25, -0.2) is 0 Å². The lowest BCUT2D eigenvalue weighted by molar-refractivity contribution is -0.135. The minimum Gasteiger partial charge on any atom is -0.396 e. The normalized spacial score (nSPS) is 10.4. The van der Waals surface area contributed by atoms with E-state index in [1.165, 1.54) is 19.2 Å². The summed E-state index contributed by atoms with van der Waals surface area (Å²) in [5.41, 5.74) is 0. The molecule has 0 aliphatic carbocycles. The molecule has 0 atom stereocenters. The quantitative estimate of drug-likeness (QED) is 0.375. The van der Waals surface area contributed by atoms with Gasteiger partial charge in [-0.1, -0.05) is 6.42 Å². The smallest absolute Gasteiger partial charge is 0.233 e. The molecule has 2 amide bonds. The maximum atomic E-state index is 11.4. The number of hydrogen-bond donors (Lipinski definition) is 1. The van der Waals surface area contributed by atoms with E-state index < -0.39 is 0 Å².